The molecule has 1 aromatic heterocycles. The topological polar surface area (TPSA) is 64.4 Å². The molecule has 3 aromatic carbocycles. The molecule has 0 radical (unpaired) electrons. The largest absolute Gasteiger partial charge is 0.484 e. The third-order valence-electron chi connectivity index (χ3n) is 6.10. The van der Waals surface area contributed by atoms with Crippen LogP contribution in [0.3, 0.4) is 0 Å². The van der Waals surface area contributed by atoms with Crippen LogP contribution >= 0.6 is 15.9 Å². The molecule has 1 amide bonds. The van der Waals surface area contributed by atoms with Crippen molar-refractivity contribution in [3.05, 3.63) is 76.8 Å². The van der Waals surface area contributed by atoms with Crippen LogP contribution in [0.4, 0.5) is 5.69 Å². The fourth-order valence-electron chi connectivity index (χ4n) is 4.37. The average molecular weight is 505 g/mol. The molecule has 1 fully saturated rings. The summed E-state index contributed by atoms with van der Waals surface area (Å²) in [6.07, 6.45) is 6.51. The molecule has 5 rings (SSSR count). The third kappa shape index (κ3) is 5.11. The molecule has 0 atom stereocenters. The van der Waals surface area contributed by atoms with Crippen LogP contribution in [0, 0.1) is 0 Å². The van der Waals surface area contributed by atoms with Gasteiger partial charge in [0.2, 0.25) is 5.89 Å². The first kappa shape index (κ1) is 21.7. The summed E-state index contributed by atoms with van der Waals surface area (Å²) < 4.78 is 12.5. The summed E-state index contributed by atoms with van der Waals surface area (Å²) >= 11 is 3.53. The normalized spacial score (nSPS) is 14.3. The van der Waals surface area contributed by atoms with Crippen LogP contribution in [0.25, 0.3) is 22.6 Å². The molecule has 1 aliphatic carbocycles. The molecule has 33 heavy (non-hydrogen) atoms. The van der Waals surface area contributed by atoms with Gasteiger partial charge < -0.3 is 14.5 Å². The van der Waals surface area contributed by atoms with Crippen molar-refractivity contribution >= 4 is 38.6 Å². The van der Waals surface area contributed by atoms with Crippen LogP contribution in [0.5, 0.6) is 5.75 Å². The number of hydrogen-bond acceptors (Lipinski definition) is 4. The van der Waals surface area contributed by atoms with Gasteiger partial charge in [-0.25, -0.2) is 4.98 Å². The van der Waals surface area contributed by atoms with Crippen molar-refractivity contribution < 1.29 is 13.9 Å². The number of nitrogens with one attached hydrogen (secondary N) is 1. The number of carbonyl (C=O) groups is 1. The Balaban J connectivity index is 1.20. The van der Waals surface area contributed by atoms with E-state index >= 15 is 0 Å². The van der Waals surface area contributed by atoms with Gasteiger partial charge in [0.05, 0.1) is 5.56 Å². The standard InChI is InChI=1S/C27H25BrN2O3/c28-23-9-5-4-8-22(23)27-30-24-16-20(12-15-25(24)33-27)29-26(31)17-32-21-13-10-19(11-14-21)18-6-2-1-3-7-18/h4-5,8-16,18H,1-3,6-7,17H2,(H,29,31). The van der Waals surface area contributed by atoms with Gasteiger partial charge in [0.15, 0.2) is 12.2 Å². The Labute approximate surface area is 201 Å². The van der Waals surface area contributed by atoms with Gasteiger partial charge in [-0.2, -0.15) is 0 Å². The van der Waals surface area contributed by atoms with Crippen molar-refractivity contribution in [3.63, 3.8) is 0 Å². The van der Waals surface area contributed by atoms with Gasteiger partial charge in [-0.05, 0) is 82.7 Å². The molecule has 168 valence electrons. The molecule has 1 heterocycles. The number of benzene rings is 3. The highest BCUT2D eigenvalue weighted by Gasteiger charge is 2.16. The lowest BCUT2D eigenvalue weighted by atomic mass is 9.84. The SMILES string of the molecule is O=C(COc1ccc(C2CCCCC2)cc1)Nc1ccc2oc(-c3ccccc3Br)nc2c1. The summed E-state index contributed by atoms with van der Waals surface area (Å²) in [5.74, 6) is 1.67. The number of ether oxygens (including phenoxy) is 1. The summed E-state index contributed by atoms with van der Waals surface area (Å²) in [5, 5.41) is 2.87. The summed E-state index contributed by atoms with van der Waals surface area (Å²) in [5.41, 5.74) is 4.23. The van der Waals surface area contributed by atoms with Crippen molar-refractivity contribution in [1.29, 1.82) is 0 Å². The van der Waals surface area contributed by atoms with Crippen molar-refractivity contribution in [2.75, 3.05) is 11.9 Å². The molecule has 0 bridgehead atoms. The van der Waals surface area contributed by atoms with Gasteiger partial charge in [-0.3, -0.25) is 4.79 Å². The number of amides is 1. The second-order valence-corrected chi connectivity index (χ2v) is 9.28. The van der Waals surface area contributed by atoms with Gasteiger partial charge in [-0.15, -0.1) is 0 Å². The Morgan fingerprint density at radius 3 is 2.61 bits per heavy atom. The van der Waals surface area contributed by atoms with E-state index in [4.69, 9.17) is 9.15 Å². The fourth-order valence-corrected chi connectivity index (χ4v) is 4.83. The Kier molecular flexibility index (Phi) is 6.44. The zero-order chi connectivity index (χ0) is 22.6. The summed E-state index contributed by atoms with van der Waals surface area (Å²) in [6, 6.07) is 21.4. The van der Waals surface area contributed by atoms with Crippen molar-refractivity contribution in [2.45, 2.75) is 38.0 Å². The van der Waals surface area contributed by atoms with Crippen LogP contribution in [0.1, 0.15) is 43.6 Å². The molecule has 5 nitrogen and oxygen atoms in total. The van der Waals surface area contributed by atoms with Crippen molar-refractivity contribution in [2.24, 2.45) is 0 Å². The first-order valence-corrected chi connectivity index (χ1v) is 12.1. The number of fused-ring (bicyclic) bond motifs is 1. The summed E-state index contributed by atoms with van der Waals surface area (Å²) in [6.45, 7) is -0.0537. The second-order valence-electron chi connectivity index (χ2n) is 8.42. The van der Waals surface area contributed by atoms with Gasteiger partial charge in [-0.1, -0.05) is 43.5 Å². The van der Waals surface area contributed by atoms with Crippen LogP contribution < -0.4 is 10.1 Å². The number of rotatable bonds is 6. The van der Waals surface area contributed by atoms with Crippen LogP contribution in [-0.2, 0) is 4.79 Å². The van der Waals surface area contributed by atoms with E-state index in [1.54, 1.807) is 12.1 Å². The average Bonchev–Trinajstić information content (AvgIpc) is 3.27. The molecule has 0 spiro atoms. The molecular formula is C27H25BrN2O3. The quantitative estimate of drug-likeness (QED) is 0.298. The van der Waals surface area contributed by atoms with Crippen molar-refractivity contribution in [1.82, 2.24) is 4.98 Å². The molecular weight excluding hydrogens is 480 g/mol. The van der Waals surface area contributed by atoms with E-state index in [0.717, 1.165) is 10.0 Å². The maximum Gasteiger partial charge on any atom is 0.262 e. The van der Waals surface area contributed by atoms with E-state index in [-0.39, 0.29) is 12.5 Å². The third-order valence-corrected chi connectivity index (χ3v) is 6.79. The molecule has 1 aliphatic rings. The summed E-state index contributed by atoms with van der Waals surface area (Å²) in [7, 11) is 0. The lowest BCUT2D eigenvalue weighted by Crippen LogP contribution is -2.20. The van der Waals surface area contributed by atoms with Crippen LogP contribution in [0.2, 0.25) is 0 Å². The van der Waals surface area contributed by atoms with E-state index in [1.165, 1.54) is 37.7 Å². The van der Waals surface area contributed by atoms with Crippen LogP contribution in [0.15, 0.2) is 75.6 Å². The molecule has 0 saturated heterocycles. The smallest absolute Gasteiger partial charge is 0.262 e. The van der Waals surface area contributed by atoms with E-state index in [9.17, 15) is 4.79 Å². The Morgan fingerprint density at radius 2 is 1.82 bits per heavy atom. The Bertz CT molecular complexity index is 1260. The fraction of sp³-hybridized carbons (Fsp3) is 0.259. The maximum atomic E-state index is 12.4. The minimum Gasteiger partial charge on any atom is -0.484 e. The molecule has 1 N–H and O–H groups in total. The lowest BCUT2D eigenvalue weighted by molar-refractivity contribution is -0.118. The van der Waals surface area contributed by atoms with Gasteiger partial charge in [0.1, 0.15) is 11.3 Å². The highest BCUT2D eigenvalue weighted by atomic mass is 79.9. The zero-order valence-electron chi connectivity index (χ0n) is 18.2. The van der Waals surface area contributed by atoms with Crippen molar-refractivity contribution in [3.8, 4) is 17.2 Å². The first-order valence-electron chi connectivity index (χ1n) is 11.3. The van der Waals surface area contributed by atoms with E-state index in [0.29, 0.717) is 34.3 Å². The maximum absolute atomic E-state index is 12.4. The lowest BCUT2D eigenvalue weighted by Gasteiger charge is -2.22. The molecule has 0 unspecified atom stereocenters. The van der Waals surface area contributed by atoms with Gasteiger partial charge in [0.25, 0.3) is 5.91 Å². The van der Waals surface area contributed by atoms with E-state index in [2.05, 4.69) is 38.4 Å². The predicted octanol–water partition coefficient (Wildman–Crippen LogP) is 7.32. The zero-order valence-corrected chi connectivity index (χ0v) is 19.8. The Hall–Kier alpha value is -3.12. The highest BCUT2D eigenvalue weighted by Crippen LogP contribution is 2.33. The minimum absolute atomic E-state index is 0.0537. The number of halogens is 1. The van der Waals surface area contributed by atoms with E-state index in [1.807, 2.05) is 42.5 Å². The summed E-state index contributed by atoms with van der Waals surface area (Å²) in [4.78, 5) is 17.0. The van der Waals surface area contributed by atoms with Gasteiger partial charge in [0, 0.05) is 10.2 Å². The molecule has 0 aliphatic heterocycles. The second kappa shape index (κ2) is 9.79. The number of carbonyl (C=O) groups excluding carboxylic acids is 1. The van der Waals surface area contributed by atoms with Crippen LogP contribution in [-0.4, -0.2) is 17.5 Å². The number of hydrogen-bond donors (Lipinski definition) is 1. The van der Waals surface area contributed by atoms with Gasteiger partial charge >= 0.3 is 0 Å². The first-order chi connectivity index (χ1) is 16.2. The number of oxazole rings is 1. The molecule has 6 heteroatoms. The molecule has 4 aromatic rings. The Morgan fingerprint density at radius 1 is 1.03 bits per heavy atom. The highest BCUT2D eigenvalue weighted by molar-refractivity contribution is 9.10. The monoisotopic (exact) mass is 504 g/mol. The number of aromatic nitrogens is 1. The number of anilines is 1. The van der Waals surface area contributed by atoms with E-state index < -0.39 is 0 Å². The predicted molar refractivity (Wildman–Crippen MR) is 134 cm³/mol. The minimum atomic E-state index is -0.222. The number of nitrogens with zero attached hydrogens (tertiary/aromatic N) is 1. The molecule has 1 saturated carbocycles.